The molecule has 0 heterocycles. The molecule has 0 aromatic heterocycles. The maximum absolute atomic E-state index is 6.02. The lowest BCUT2D eigenvalue weighted by Crippen LogP contribution is -2.14. The van der Waals surface area contributed by atoms with Gasteiger partial charge in [0.25, 0.3) is 0 Å². The van der Waals surface area contributed by atoms with Crippen molar-refractivity contribution in [2.45, 2.75) is 38.6 Å². The minimum atomic E-state index is 0.391. The molecule has 0 bridgehead atoms. The van der Waals surface area contributed by atoms with Crippen molar-refractivity contribution in [2.24, 2.45) is 5.92 Å². The van der Waals surface area contributed by atoms with Gasteiger partial charge in [-0.1, -0.05) is 55.8 Å². The smallest absolute Gasteiger partial charge is 0.0542 e. The quantitative estimate of drug-likeness (QED) is 0.711. The first-order valence-electron chi connectivity index (χ1n) is 7.76. The molecule has 1 aliphatic carbocycles. The van der Waals surface area contributed by atoms with E-state index in [9.17, 15) is 0 Å². The highest BCUT2D eigenvalue weighted by atomic mass is 35.5. The van der Waals surface area contributed by atoms with E-state index in [1.807, 2.05) is 12.1 Å². The summed E-state index contributed by atoms with van der Waals surface area (Å²) in [7, 11) is 0. The van der Waals surface area contributed by atoms with Crippen LogP contribution in [-0.2, 0) is 0 Å². The summed E-state index contributed by atoms with van der Waals surface area (Å²) in [5.74, 6) is 1.27. The van der Waals surface area contributed by atoms with Crippen LogP contribution >= 0.6 is 11.6 Å². The summed E-state index contributed by atoms with van der Waals surface area (Å²) >= 11 is 6.02. The number of hydrogen-bond acceptors (Lipinski definition) is 1. The fourth-order valence-electron chi connectivity index (χ4n) is 2.87. The van der Waals surface area contributed by atoms with Gasteiger partial charge in [-0.05, 0) is 54.0 Å². The first-order chi connectivity index (χ1) is 10.1. The van der Waals surface area contributed by atoms with Gasteiger partial charge in [0, 0.05) is 10.7 Å². The molecule has 21 heavy (non-hydrogen) atoms. The predicted octanol–water partition coefficient (Wildman–Crippen LogP) is 6.03. The Morgan fingerprint density at radius 2 is 1.67 bits per heavy atom. The van der Waals surface area contributed by atoms with Crippen LogP contribution in [0.4, 0.5) is 5.69 Å². The zero-order valence-electron chi connectivity index (χ0n) is 12.6. The fraction of sp³-hybridized carbons (Fsp3) is 0.368. The Morgan fingerprint density at radius 1 is 1.00 bits per heavy atom. The number of anilines is 1. The van der Waals surface area contributed by atoms with E-state index in [0.29, 0.717) is 12.0 Å². The lowest BCUT2D eigenvalue weighted by Gasteiger charge is -2.23. The summed E-state index contributed by atoms with van der Waals surface area (Å²) < 4.78 is 0. The molecule has 1 N–H and O–H groups in total. The van der Waals surface area contributed by atoms with E-state index in [1.54, 1.807) is 0 Å². The standard InChI is InChI=1S/C19H22ClN/c1-13(2)17-5-3-4-6-18(17)21-19(14-7-8-14)15-9-11-16(20)12-10-15/h3-6,9-14,19,21H,7-8H2,1-2H3. The highest BCUT2D eigenvalue weighted by Gasteiger charge is 2.32. The van der Waals surface area contributed by atoms with Gasteiger partial charge in [0.05, 0.1) is 6.04 Å². The van der Waals surface area contributed by atoms with E-state index < -0.39 is 0 Å². The number of para-hydroxylation sites is 1. The average Bonchev–Trinajstić information content (AvgIpc) is 3.31. The van der Waals surface area contributed by atoms with Gasteiger partial charge in [-0.15, -0.1) is 0 Å². The van der Waals surface area contributed by atoms with Crippen LogP contribution in [0.1, 0.15) is 49.8 Å². The van der Waals surface area contributed by atoms with Gasteiger partial charge in [-0.25, -0.2) is 0 Å². The third-order valence-corrected chi connectivity index (χ3v) is 4.47. The van der Waals surface area contributed by atoms with Crippen LogP contribution in [0.2, 0.25) is 5.02 Å². The Morgan fingerprint density at radius 3 is 2.29 bits per heavy atom. The lowest BCUT2D eigenvalue weighted by atomic mass is 9.98. The number of nitrogens with one attached hydrogen (secondary N) is 1. The first-order valence-corrected chi connectivity index (χ1v) is 8.14. The Labute approximate surface area is 132 Å². The molecule has 0 aliphatic heterocycles. The summed E-state index contributed by atoms with van der Waals surface area (Å²) in [6, 6.07) is 17.3. The third-order valence-electron chi connectivity index (χ3n) is 4.22. The zero-order valence-corrected chi connectivity index (χ0v) is 13.4. The van der Waals surface area contributed by atoms with Crippen LogP contribution in [0.15, 0.2) is 48.5 Å². The van der Waals surface area contributed by atoms with Crippen molar-refractivity contribution in [3.8, 4) is 0 Å². The summed E-state index contributed by atoms with van der Waals surface area (Å²) in [6.45, 7) is 4.49. The second kappa shape index (κ2) is 6.11. The van der Waals surface area contributed by atoms with Gasteiger partial charge in [0.1, 0.15) is 0 Å². The van der Waals surface area contributed by atoms with E-state index in [4.69, 9.17) is 11.6 Å². The van der Waals surface area contributed by atoms with Gasteiger partial charge >= 0.3 is 0 Å². The topological polar surface area (TPSA) is 12.0 Å². The minimum absolute atomic E-state index is 0.391. The molecule has 2 aromatic rings. The number of benzene rings is 2. The molecule has 1 unspecified atom stereocenters. The van der Waals surface area contributed by atoms with Crippen molar-refractivity contribution in [3.63, 3.8) is 0 Å². The van der Waals surface area contributed by atoms with Crippen LogP contribution in [0.3, 0.4) is 0 Å². The van der Waals surface area contributed by atoms with E-state index >= 15 is 0 Å². The van der Waals surface area contributed by atoms with Crippen LogP contribution in [0, 0.1) is 5.92 Å². The highest BCUT2D eigenvalue weighted by Crippen LogP contribution is 2.43. The van der Waals surface area contributed by atoms with Gasteiger partial charge in [0.2, 0.25) is 0 Å². The molecule has 1 saturated carbocycles. The first kappa shape index (κ1) is 14.5. The Kier molecular flexibility index (Phi) is 4.21. The van der Waals surface area contributed by atoms with E-state index in [2.05, 4.69) is 55.6 Å². The Hall–Kier alpha value is -1.47. The Balaban J connectivity index is 1.88. The van der Waals surface area contributed by atoms with Crippen molar-refractivity contribution in [1.29, 1.82) is 0 Å². The van der Waals surface area contributed by atoms with Gasteiger partial charge in [-0.2, -0.15) is 0 Å². The summed E-state index contributed by atoms with van der Waals surface area (Å²) in [4.78, 5) is 0. The average molecular weight is 300 g/mol. The summed E-state index contributed by atoms with van der Waals surface area (Å²) in [5.41, 5.74) is 3.98. The fourth-order valence-corrected chi connectivity index (χ4v) is 3.00. The van der Waals surface area contributed by atoms with Crippen molar-refractivity contribution in [2.75, 3.05) is 5.32 Å². The van der Waals surface area contributed by atoms with Crippen LogP contribution in [0.5, 0.6) is 0 Å². The molecule has 0 radical (unpaired) electrons. The van der Waals surface area contributed by atoms with Crippen molar-refractivity contribution in [1.82, 2.24) is 0 Å². The molecule has 1 fully saturated rings. The number of hydrogen-bond donors (Lipinski definition) is 1. The molecular weight excluding hydrogens is 278 g/mol. The largest absolute Gasteiger partial charge is 0.378 e. The maximum Gasteiger partial charge on any atom is 0.0542 e. The summed E-state index contributed by atoms with van der Waals surface area (Å²) in [5, 5.41) is 4.59. The van der Waals surface area contributed by atoms with Gasteiger partial charge < -0.3 is 5.32 Å². The van der Waals surface area contributed by atoms with E-state index in [1.165, 1.54) is 29.7 Å². The van der Waals surface area contributed by atoms with E-state index in [-0.39, 0.29) is 0 Å². The molecule has 110 valence electrons. The normalized spacial score (nSPS) is 16.0. The monoisotopic (exact) mass is 299 g/mol. The number of halogens is 1. The molecule has 0 amide bonds. The Bertz CT molecular complexity index is 599. The molecule has 3 rings (SSSR count). The van der Waals surface area contributed by atoms with E-state index in [0.717, 1.165) is 10.9 Å². The summed E-state index contributed by atoms with van der Waals surface area (Å²) in [6.07, 6.45) is 2.62. The second-order valence-corrected chi connectivity index (χ2v) is 6.69. The zero-order chi connectivity index (χ0) is 14.8. The number of rotatable bonds is 5. The van der Waals surface area contributed by atoms with Crippen LogP contribution in [0.25, 0.3) is 0 Å². The predicted molar refractivity (Wildman–Crippen MR) is 91.1 cm³/mol. The molecule has 0 saturated heterocycles. The molecule has 1 nitrogen and oxygen atoms in total. The van der Waals surface area contributed by atoms with Gasteiger partial charge in [-0.3, -0.25) is 0 Å². The molecular formula is C19H22ClN. The molecule has 1 atom stereocenters. The van der Waals surface area contributed by atoms with Crippen LogP contribution < -0.4 is 5.32 Å². The SMILES string of the molecule is CC(C)c1ccccc1NC(c1ccc(Cl)cc1)C1CC1. The van der Waals surface area contributed by atoms with Gasteiger partial charge in [0.15, 0.2) is 0 Å². The third kappa shape index (κ3) is 3.41. The van der Waals surface area contributed by atoms with Crippen molar-refractivity contribution in [3.05, 3.63) is 64.7 Å². The van der Waals surface area contributed by atoms with Crippen molar-refractivity contribution < 1.29 is 0 Å². The molecule has 1 aliphatic rings. The molecule has 2 heteroatoms. The molecule has 2 aromatic carbocycles. The van der Waals surface area contributed by atoms with Crippen molar-refractivity contribution >= 4 is 17.3 Å². The molecule has 0 spiro atoms. The maximum atomic E-state index is 6.02. The second-order valence-electron chi connectivity index (χ2n) is 6.25. The van der Waals surface area contributed by atoms with Crippen LogP contribution in [-0.4, -0.2) is 0 Å². The lowest BCUT2D eigenvalue weighted by molar-refractivity contribution is 0.676. The minimum Gasteiger partial charge on any atom is -0.378 e. The highest BCUT2D eigenvalue weighted by molar-refractivity contribution is 6.30.